The summed E-state index contributed by atoms with van der Waals surface area (Å²) in [4.78, 5) is 4.17. The second-order valence-corrected chi connectivity index (χ2v) is 4.23. The summed E-state index contributed by atoms with van der Waals surface area (Å²) in [6, 6.07) is 5.82. The van der Waals surface area contributed by atoms with Crippen LogP contribution in [-0.4, -0.2) is 30.3 Å². The number of nitrogens with two attached hydrogens (primary N) is 1. The Kier molecular flexibility index (Phi) is 4.41. The molecule has 2 aromatic rings. The summed E-state index contributed by atoms with van der Waals surface area (Å²) in [7, 11) is 3.30. The van der Waals surface area contributed by atoms with Gasteiger partial charge in [-0.25, -0.2) is 4.98 Å². The molecule has 0 aliphatic heterocycles. The summed E-state index contributed by atoms with van der Waals surface area (Å²) in [5.74, 6) is 1.60. The minimum absolute atomic E-state index is 0.617. The maximum Gasteiger partial charge on any atom is 0.127 e. The molecular formula is C14H19N3O2. The second-order valence-electron chi connectivity index (χ2n) is 4.23. The second kappa shape index (κ2) is 6.24. The number of hydrogen-bond donors (Lipinski definition) is 1. The van der Waals surface area contributed by atoms with Gasteiger partial charge in [0.2, 0.25) is 0 Å². The predicted molar refractivity (Wildman–Crippen MR) is 73.6 cm³/mol. The number of hydrogen-bond acceptors (Lipinski definition) is 4. The molecule has 0 bridgehead atoms. The van der Waals surface area contributed by atoms with E-state index in [1.54, 1.807) is 14.2 Å². The Labute approximate surface area is 113 Å². The first-order valence-electron chi connectivity index (χ1n) is 6.18. The van der Waals surface area contributed by atoms with Gasteiger partial charge < -0.3 is 19.8 Å². The molecule has 0 amide bonds. The molecule has 0 aliphatic rings. The molecule has 0 radical (unpaired) electrons. The predicted octanol–water partition coefficient (Wildman–Crippen LogP) is 1.45. The highest BCUT2D eigenvalue weighted by Gasteiger charge is 2.08. The number of ether oxygens (including phenoxy) is 2. The van der Waals surface area contributed by atoms with E-state index >= 15 is 0 Å². The van der Waals surface area contributed by atoms with Crippen LogP contribution in [0, 0.1) is 0 Å². The van der Waals surface area contributed by atoms with Crippen molar-refractivity contribution >= 4 is 0 Å². The van der Waals surface area contributed by atoms with Crippen molar-refractivity contribution in [3.63, 3.8) is 0 Å². The van der Waals surface area contributed by atoms with Crippen molar-refractivity contribution in [2.75, 3.05) is 20.8 Å². The largest absolute Gasteiger partial charge is 0.497 e. The quantitative estimate of drug-likeness (QED) is 0.855. The third-order valence-electron chi connectivity index (χ3n) is 3.03. The Morgan fingerprint density at radius 2 is 2.11 bits per heavy atom. The molecule has 5 nitrogen and oxygen atoms in total. The van der Waals surface area contributed by atoms with E-state index < -0.39 is 0 Å². The lowest BCUT2D eigenvalue weighted by Gasteiger charge is -2.12. The van der Waals surface area contributed by atoms with E-state index in [9.17, 15) is 0 Å². The zero-order valence-corrected chi connectivity index (χ0v) is 11.3. The molecule has 0 unspecified atom stereocenters. The number of aromatic nitrogens is 2. The van der Waals surface area contributed by atoms with Gasteiger partial charge in [0.05, 0.1) is 27.1 Å². The first-order chi connectivity index (χ1) is 9.28. The SMILES string of the molecule is COc1ccc(Cn2cncc2CCN)c(OC)c1. The van der Waals surface area contributed by atoms with Crippen LogP contribution in [0.25, 0.3) is 0 Å². The van der Waals surface area contributed by atoms with Gasteiger partial charge in [-0.2, -0.15) is 0 Å². The highest BCUT2D eigenvalue weighted by atomic mass is 16.5. The van der Waals surface area contributed by atoms with Gasteiger partial charge in [-0.1, -0.05) is 0 Å². The zero-order chi connectivity index (χ0) is 13.7. The van der Waals surface area contributed by atoms with Gasteiger partial charge >= 0.3 is 0 Å². The molecule has 5 heteroatoms. The molecule has 19 heavy (non-hydrogen) atoms. The normalized spacial score (nSPS) is 10.5. The van der Waals surface area contributed by atoms with Crippen molar-refractivity contribution in [3.8, 4) is 11.5 Å². The van der Waals surface area contributed by atoms with E-state index in [0.717, 1.165) is 29.2 Å². The molecule has 2 N–H and O–H groups in total. The van der Waals surface area contributed by atoms with E-state index in [-0.39, 0.29) is 0 Å². The highest BCUT2D eigenvalue weighted by Crippen LogP contribution is 2.25. The molecule has 1 aromatic carbocycles. The third kappa shape index (κ3) is 3.06. The fraction of sp³-hybridized carbons (Fsp3) is 0.357. The fourth-order valence-corrected chi connectivity index (χ4v) is 2.01. The first kappa shape index (κ1) is 13.4. The molecule has 0 fully saturated rings. The van der Waals surface area contributed by atoms with Crippen molar-refractivity contribution in [3.05, 3.63) is 42.0 Å². The smallest absolute Gasteiger partial charge is 0.127 e. The maximum atomic E-state index is 5.59. The summed E-state index contributed by atoms with van der Waals surface area (Å²) < 4.78 is 12.7. The lowest BCUT2D eigenvalue weighted by atomic mass is 10.2. The van der Waals surface area contributed by atoms with Crippen molar-refractivity contribution in [2.45, 2.75) is 13.0 Å². The van der Waals surface area contributed by atoms with Crippen LogP contribution < -0.4 is 15.2 Å². The minimum Gasteiger partial charge on any atom is -0.497 e. The Balaban J connectivity index is 2.24. The van der Waals surface area contributed by atoms with Gasteiger partial charge in [-0.05, 0) is 18.7 Å². The molecule has 0 atom stereocenters. The molecule has 1 aromatic heterocycles. The van der Waals surface area contributed by atoms with Crippen molar-refractivity contribution in [2.24, 2.45) is 5.73 Å². The van der Waals surface area contributed by atoms with Crippen LogP contribution in [0.4, 0.5) is 0 Å². The third-order valence-corrected chi connectivity index (χ3v) is 3.03. The number of imidazole rings is 1. The van der Waals surface area contributed by atoms with Gasteiger partial charge in [-0.15, -0.1) is 0 Å². The van der Waals surface area contributed by atoms with E-state index in [1.807, 2.05) is 30.7 Å². The molecule has 0 saturated heterocycles. The Hall–Kier alpha value is -2.01. The number of rotatable bonds is 6. The topological polar surface area (TPSA) is 62.3 Å². The summed E-state index contributed by atoms with van der Waals surface area (Å²) in [5.41, 5.74) is 7.80. The van der Waals surface area contributed by atoms with Crippen LogP contribution in [0.1, 0.15) is 11.3 Å². The van der Waals surface area contributed by atoms with Gasteiger partial charge in [0.1, 0.15) is 11.5 Å². The Morgan fingerprint density at radius 3 is 2.79 bits per heavy atom. The highest BCUT2D eigenvalue weighted by molar-refractivity contribution is 5.41. The standard InChI is InChI=1S/C14H19N3O2/c1-18-13-4-3-11(14(7-13)19-2)9-17-10-16-8-12(17)5-6-15/h3-4,7-8,10H,5-6,9,15H2,1-2H3. The maximum absolute atomic E-state index is 5.59. The van der Waals surface area contributed by atoms with Crippen LogP contribution in [0.3, 0.4) is 0 Å². The lowest BCUT2D eigenvalue weighted by molar-refractivity contribution is 0.390. The molecular weight excluding hydrogens is 242 g/mol. The van der Waals surface area contributed by atoms with Gasteiger partial charge in [0.25, 0.3) is 0 Å². The summed E-state index contributed by atoms with van der Waals surface area (Å²) in [5, 5.41) is 0. The lowest BCUT2D eigenvalue weighted by Crippen LogP contribution is -2.09. The number of benzene rings is 1. The van der Waals surface area contributed by atoms with Crippen LogP contribution in [0.2, 0.25) is 0 Å². The van der Waals surface area contributed by atoms with Crippen LogP contribution in [0.15, 0.2) is 30.7 Å². The monoisotopic (exact) mass is 261 g/mol. The molecule has 2 rings (SSSR count). The van der Waals surface area contributed by atoms with Crippen molar-refractivity contribution in [1.82, 2.24) is 9.55 Å². The van der Waals surface area contributed by atoms with Crippen LogP contribution >= 0.6 is 0 Å². The first-order valence-corrected chi connectivity index (χ1v) is 6.18. The molecule has 102 valence electrons. The average Bonchev–Trinajstić information content (AvgIpc) is 2.87. The molecule has 0 saturated carbocycles. The van der Waals surface area contributed by atoms with Crippen LogP contribution in [0.5, 0.6) is 11.5 Å². The van der Waals surface area contributed by atoms with E-state index in [2.05, 4.69) is 9.55 Å². The Bertz CT molecular complexity index is 537. The van der Waals surface area contributed by atoms with E-state index in [4.69, 9.17) is 15.2 Å². The summed E-state index contributed by atoms with van der Waals surface area (Å²) in [6.07, 6.45) is 4.48. The van der Waals surface area contributed by atoms with Crippen molar-refractivity contribution < 1.29 is 9.47 Å². The minimum atomic E-state index is 0.617. The summed E-state index contributed by atoms with van der Waals surface area (Å²) in [6.45, 7) is 1.33. The number of nitrogens with zero attached hydrogens (tertiary/aromatic N) is 2. The fourth-order valence-electron chi connectivity index (χ4n) is 2.01. The average molecular weight is 261 g/mol. The molecule has 0 aliphatic carbocycles. The molecule has 0 spiro atoms. The van der Waals surface area contributed by atoms with Crippen molar-refractivity contribution in [1.29, 1.82) is 0 Å². The molecule has 1 heterocycles. The van der Waals surface area contributed by atoms with Gasteiger partial charge in [-0.3, -0.25) is 0 Å². The van der Waals surface area contributed by atoms with Gasteiger partial charge in [0, 0.05) is 29.9 Å². The van der Waals surface area contributed by atoms with Crippen LogP contribution in [-0.2, 0) is 13.0 Å². The summed E-state index contributed by atoms with van der Waals surface area (Å²) >= 11 is 0. The Morgan fingerprint density at radius 1 is 1.26 bits per heavy atom. The zero-order valence-electron chi connectivity index (χ0n) is 11.3. The van der Waals surface area contributed by atoms with E-state index in [0.29, 0.717) is 13.1 Å². The van der Waals surface area contributed by atoms with Gasteiger partial charge in [0.15, 0.2) is 0 Å². The van der Waals surface area contributed by atoms with E-state index in [1.165, 1.54) is 0 Å². The number of methoxy groups -OCH3 is 2.